The van der Waals surface area contributed by atoms with Crippen molar-refractivity contribution >= 4 is 6.29 Å². The summed E-state index contributed by atoms with van der Waals surface area (Å²) in [6.07, 6.45) is 4.62. The maximum Gasteiger partial charge on any atom is 0.198 e. The van der Waals surface area contributed by atoms with Gasteiger partial charge in [-0.05, 0) is 32.5 Å². The van der Waals surface area contributed by atoms with Gasteiger partial charge in [0.25, 0.3) is 0 Å². The van der Waals surface area contributed by atoms with Gasteiger partial charge in [0.2, 0.25) is 0 Å². The molecular weight excluding hydrogens is 138 g/mol. The second-order valence-electron chi connectivity index (χ2n) is 2.63. The summed E-state index contributed by atoms with van der Waals surface area (Å²) in [5.41, 5.74) is 0. The van der Waals surface area contributed by atoms with Crippen molar-refractivity contribution in [1.82, 2.24) is 4.90 Å². The van der Waals surface area contributed by atoms with Gasteiger partial charge in [-0.15, -0.1) is 0 Å². The fourth-order valence-electron chi connectivity index (χ4n) is 1.07. The number of hydrogen-bond acceptors (Lipinski definition) is 2. The van der Waals surface area contributed by atoms with Gasteiger partial charge in [0.1, 0.15) is 0 Å². The second kappa shape index (κ2) is 7.73. The van der Waals surface area contributed by atoms with Crippen molar-refractivity contribution in [3.8, 4) is 0 Å². The monoisotopic (exact) mass is 156 g/mol. The Morgan fingerprint density at radius 2 is 1.82 bits per heavy atom. The molecule has 0 aliphatic carbocycles. The molecule has 0 bridgehead atoms. The average Bonchev–Trinajstić information content (AvgIpc) is 2.05. The fraction of sp³-hybridized carbons (Fsp3) is 0.889. The molecule has 65 valence electrons. The molecule has 0 saturated heterocycles. The molecule has 0 saturated carbocycles. The van der Waals surface area contributed by atoms with E-state index in [1.165, 1.54) is 0 Å². The molecule has 0 aliphatic rings. The third-order valence-electron chi connectivity index (χ3n) is 1.90. The largest absolute Gasteiger partial charge is 0.304 e. The van der Waals surface area contributed by atoms with Crippen molar-refractivity contribution in [1.29, 1.82) is 0 Å². The summed E-state index contributed by atoms with van der Waals surface area (Å²) in [7, 11) is 0. The molecule has 0 aromatic rings. The van der Waals surface area contributed by atoms with E-state index in [-0.39, 0.29) is 0 Å². The van der Waals surface area contributed by atoms with Gasteiger partial charge in [0.05, 0.1) is 0 Å². The predicted molar refractivity (Wildman–Crippen MR) is 47.3 cm³/mol. The fourth-order valence-corrected chi connectivity index (χ4v) is 1.07. The molecule has 0 aliphatic heterocycles. The normalized spacial score (nSPS) is 10.5. The quantitative estimate of drug-likeness (QED) is 0.522. The topological polar surface area (TPSA) is 20.3 Å². The second-order valence-corrected chi connectivity index (χ2v) is 2.63. The first-order valence-corrected chi connectivity index (χ1v) is 4.42. The van der Waals surface area contributed by atoms with Crippen LogP contribution in [0.1, 0.15) is 33.1 Å². The van der Waals surface area contributed by atoms with Crippen molar-refractivity contribution in [3.05, 3.63) is 0 Å². The number of hydrogen-bond donors (Lipinski definition) is 0. The third-order valence-corrected chi connectivity index (χ3v) is 1.90. The molecule has 0 rings (SSSR count). The maximum atomic E-state index is 9.85. The van der Waals surface area contributed by atoms with E-state index in [1.807, 2.05) is 6.29 Å². The van der Waals surface area contributed by atoms with E-state index in [4.69, 9.17) is 0 Å². The molecule has 1 radical (unpaired) electrons. The SMILES string of the molecule is CCN(CC)CCCC[C]=O. The van der Waals surface area contributed by atoms with Gasteiger partial charge < -0.3 is 4.90 Å². The Kier molecular flexibility index (Phi) is 7.47. The first kappa shape index (κ1) is 10.6. The molecule has 0 unspecified atom stereocenters. The smallest absolute Gasteiger partial charge is 0.198 e. The molecule has 0 N–H and O–H groups in total. The Hall–Kier alpha value is -0.370. The van der Waals surface area contributed by atoms with E-state index in [2.05, 4.69) is 18.7 Å². The molecule has 2 heteroatoms. The van der Waals surface area contributed by atoms with Crippen molar-refractivity contribution in [2.75, 3.05) is 19.6 Å². The molecule has 0 heterocycles. The van der Waals surface area contributed by atoms with Gasteiger partial charge in [-0.1, -0.05) is 13.8 Å². The van der Waals surface area contributed by atoms with Crippen LogP contribution in [-0.2, 0) is 4.79 Å². The van der Waals surface area contributed by atoms with Crippen molar-refractivity contribution in [2.24, 2.45) is 0 Å². The third kappa shape index (κ3) is 6.05. The Labute approximate surface area is 69.6 Å². The molecular formula is C9H18NO. The summed E-state index contributed by atoms with van der Waals surface area (Å²) < 4.78 is 0. The summed E-state index contributed by atoms with van der Waals surface area (Å²) in [4.78, 5) is 12.2. The van der Waals surface area contributed by atoms with Gasteiger partial charge in [-0.2, -0.15) is 0 Å². The van der Waals surface area contributed by atoms with E-state index >= 15 is 0 Å². The van der Waals surface area contributed by atoms with Crippen molar-refractivity contribution in [3.63, 3.8) is 0 Å². The molecule has 0 fully saturated rings. The van der Waals surface area contributed by atoms with Crippen LogP contribution in [0.5, 0.6) is 0 Å². The van der Waals surface area contributed by atoms with Crippen LogP contribution in [0.15, 0.2) is 0 Å². The molecule has 11 heavy (non-hydrogen) atoms. The molecule has 0 spiro atoms. The van der Waals surface area contributed by atoms with E-state index in [0.29, 0.717) is 6.42 Å². The number of nitrogens with zero attached hydrogens (tertiary/aromatic N) is 1. The Balaban J connectivity index is 3.13. The number of rotatable bonds is 7. The highest BCUT2D eigenvalue weighted by atomic mass is 16.1. The molecule has 0 aromatic carbocycles. The van der Waals surface area contributed by atoms with Crippen LogP contribution in [0.4, 0.5) is 0 Å². The summed E-state index contributed by atoms with van der Waals surface area (Å²) in [5, 5.41) is 0. The maximum absolute atomic E-state index is 9.85. The number of unbranched alkanes of at least 4 members (excludes halogenated alkanes) is 2. The van der Waals surface area contributed by atoms with Gasteiger partial charge in [0.15, 0.2) is 6.29 Å². The van der Waals surface area contributed by atoms with Crippen LogP contribution in [-0.4, -0.2) is 30.8 Å². The summed E-state index contributed by atoms with van der Waals surface area (Å²) in [6.45, 7) is 7.67. The van der Waals surface area contributed by atoms with Gasteiger partial charge in [-0.3, -0.25) is 4.79 Å². The minimum atomic E-state index is 0.598. The van der Waals surface area contributed by atoms with Crippen LogP contribution in [0.2, 0.25) is 0 Å². The summed E-state index contributed by atoms with van der Waals surface area (Å²) in [5.74, 6) is 0. The lowest BCUT2D eigenvalue weighted by Crippen LogP contribution is -2.23. The molecule has 2 nitrogen and oxygen atoms in total. The van der Waals surface area contributed by atoms with E-state index < -0.39 is 0 Å². The zero-order valence-electron chi connectivity index (χ0n) is 7.60. The first-order chi connectivity index (χ1) is 5.35. The van der Waals surface area contributed by atoms with E-state index in [0.717, 1.165) is 32.5 Å². The van der Waals surface area contributed by atoms with Crippen molar-refractivity contribution < 1.29 is 4.79 Å². The van der Waals surface area contributed by atoms with Crippen LogP contribution in [0.25, 0.3) is 0 Å². The van der Waals surface area contributed by atoms with Gasteiger partial charge in [0, 0.05) is 6.42 Å². The summed E-state index contributed by atoms with van der Waals surface area (Å²) in [6, 6.07) is 0. The van der Waals surface area contributed by atoms with Crippen LogP contribution in [0, 0.1) is 0 Å². The first-order valence-electron chi connectivity index (χ1n) is 4.42. The Bertz CT molecular complexity index is 89.6. The minimum absolute atomic E-state index is 0.598. The lowest BCUT2D eigenvalue weighted by atomic mass is 10.2. The number of carbonyl (C=O) groups excluding carboxylic acids is 1. The Morgan fingerprint density at radius 1 is 1.18 bits per heavy atom. The molecule has 0 amide bonds. The van der Waals surface area contributed by atoms with Crippen LogP contribution < -0.4 is 0 Å². The zero-order valence-corrected chi connectivity index (χ0v) is 7.60. The Morgan fingerprint density at radius 3 is 2.27 bits per heavy atom. The van der Waals surface area contributed by atoms with Gasteiger partial charge in [-0.25, -0.2) is 0 Å². The predicted octanol–water partition coefficient (Wildman–Crippen LogP) is 1.61. The lowest BCUT2D eigenvalue weighted by molar-refractivity contribution is 0.297. The minimum Gasteiger partial charge on any atom is -0.304 e. The van der Waals surface area contributed by atoms with Crippen molar-refractivity contribution in [2.45, 2.75) is 33.1 Å². The van der Waals surface area contributed by atoms with Crippen LogP contribution in [0.3, 0.4) is 0 Å². The highest BCUT2D eigenvalue weighted by Gasteiger charge is 1.96. The standard InChI is InChI=1S/C9H18NO/c1-3-10(4-2)8-6-5-7-9-11/h3-8H2,1-2H3. The van der Waals surface area contributed by atoms with E-state index in [9.17, 15) is 4.79 Å². The molecule has 0 atom stereocenters. The molecule has 0 aromatic heterocycles. The highest BCUT2D eigenvalue weighted by molar-refractivity contribution is 5.50. The van der Waals surface area contributed by atoms with Gasteiger partial charge >= 0.3 is 0 Å². The van der Waals surface area contributed by atoms with Crippen LogP contribution >= 0.6 is 0 Å². The van der Waals surface area contributed by atoms with E-state index in [1.54, 1.807) is 0 Å². The zero-order chi connectivity index (χ0) is 8.53. The lowest BCUT2D eigenvalue weighted by Gasteiger charge is -2.16. The summed E-state index contributed by atoms with van der Waals surface area (Å²) >= 11 is 0. The average molecular weight is 156 g/mol. The highest BCUT2D eigenvalue weighted by Crippen LogP contribution is 1.96.